The molecular formula is C17H13ClN4OS. The molecule has 5 nitrogen and oxygen atoms in total. The molecule has 0 spiro atoms. The first-order valence-corrected chi connectivity index (χ1v) is 8.79. The van der Waals surface area contributed by atoms with E-state index in [1.807, 2.05) is 47.2 Å². The fourth-order valence-electron chi connectivity index (χ4n) is 2.73. The SMILES string of the molecule is O=C1CS[C@@H](c2cccnc2)c2c(ncn2-c2cccc(Cl)c2)N1. The summed E-state index contributed by atoms with van der Waals surface area (Å²) in [6.45, 7) is 0. The van der Waals surface area contributed by atoms with E-state index < -0.39 is 0 Å². The highest BCUT2D eigenvalue weighted by Gasteiger charge is 2.29. The second kappa shape index (κ2) is 6.30. The molecule has 0 aliphatic carbocycles. The van der Waals surface area contributed by atoms with Crippen LogP contribution in [0, 0.1) is 0 Å². The normalized spacial score (nSPS) is 17.0. The Morgan fingerprint density at radius 1 is 1.29 bits per heavy atom. The second-order valence-corrected chi connectivity index (χ2v) is 6.88. The summed E-state index contributed by atoms with van der Waals surface area (Å²) >= 11 is 7.69. The van der Waals surface area contributed by atoms with Crippen molar-refractivity contribution in [2.24, 2.45) is 0 Å². The van der Waals surface area contributed by atoms with E-state index in [0.29, 0.717) is 16.6 Å². The summed E-state index contributed by atoms with van der Waals surface area (Å²) in [6, 6.07) is 11.5. The van der Waals surface area contributed by atoms with Crippen molar-refractivity contribution in [2.75, 3.05) is 11.1 Å². The Labute approximate surface area is 148 Å². The van der Waals surface area contributed by atoms with Crippen LogP contribution in [0.5, 0.6) is 0 Å². The van der Waals surface area contributed by atoms with Crippen molar-refractivity contribution in [1.82, 2.24) is 14.5 Å². The highest BCUT2D eigenvalue weighted by atomic mass is 35.5. The summed E-state index contributed by atoms with van der Waals surface area (Å²) in [5.74, 6) is 0.897. The summed E-state index contributed by atoms with van der Waals surface area (Å²) < 4.78 is 1.97. The van der Waals surface area contributed by atoms with Gasteiger partial charge in [0.05, 0.1) is 16.7 Å². The Hall–Kier alpha value is -2.31. The van der Waals surface area contributed by atoms with E-state index >= 15 is 0 Å². The van der Waals surface area contributed by atoms with Crippen molar-refractivity contribution in [3.63, 3.8) is 0 Å². The Morgan fingerprint density at radius 3 is 3.00 bits per heavy atom. The number of benzene rings is 1. The van der Waals surface area contributed by atoms with Crippen LogP contribution >= 0.6 is 23.4 Å². The number of thioether (sulfide) groups is 1. The molecular weight excluding hydrogens is 344 g/mol. The molecule has 2 aromatic heterocycles. The molecule has 0 bridgehead atoms. The molecule has 1 atom stereocenters. The van der Waals surface area contributed by atoms with E-state index in [9.17, 15) is 4.79 Å². The standard InChI is InChI=1S/C17H13ClN4OS/c18-12-4-1-5-13(7-12)22-10-20-17-15(22)16(24-9-14(23)21-17)11-3-2-6-19-8-11/h1-8,10,16H,9H2,(H,21,23)/t16-/m0/s1. The van der Waals surface area contributed by atoms with Crippen molar-refractivity contribution in [2.45, 2.75) is 5.25 Å². The van der Waals surface area contributed by atoms with E-state index in [0.717, 1.165) is 16.9 Å². The van der Waals surface area contributed by atoms with Crippen LogP contribution in [0.1, 0.15) is 16.5 Å². The molecule has 3 aromatic rings. The van der Waals surface area contributed by atoms with Gasteiger partial charge in [0.2, 0.25) is 5.91 Å². The number of halogens is 1. The predicted octanol–water partition coefficient (Wildman–Crippen LogP) is 3.70. The fourth-order valence-corrected chi connectivity index (χ4v) is 4.02. The van der Waals surface area contributed by atoms with Gasteiger partial charge in [-0.3, -0.25) is 14.3 Å². The van der Waals surface area contributed by atoms with Gasteiger partial charge in [0.1, 0.15) is 6.33 Å². The third kappa shape index (κ3) is 2.79. The molecule has 0 radical (unpaired) electrons. The molecule has 0 unspecified atom stereocenters. The molecule has 1 aliphatic heterocycles. The van der Waals surface area contributed by atoms with Gasteiger partial charge in [0.15, 0.2) is 5.82 Å². The molecule has 7 heteroatoms. The summed E-state index contributed by atoms with van der Waals surface area (Å²) in [6.07, 6.45) is 5.28. The van der Waals surface area contributed by atoms with Crippen molar-refractivity contribution in [3.05, 3.63) is 71.4 Å². The minimum atomic E-state index is -0.0519. The largest absolute Gasteiger partial charge is 0.308 e. The van der Waals surface area contributed by atoms with E-state index in [4.69, 9.17) is 11.6 Å². The molecule has 4 rings (SSSR count). The number of aromatic nitrogens is 3. The maximum Gasteiger partial charge on any atom is 0.235 e. The average Bonchev–Trinajstić information content (AvgIpc) is 2.92. The number of hydrogen-bond acceptors (Lipinski definition) is 4. The first-order valence-electron chi connectivity index (χ1n) is 7.37. The molecule has 24 heavy (non-hydrogen) atoms. The number of amides is 1. The van der Waals surface area contributed by atoms with E-state index in [1.54, 1.807) is 24.3 Å². The summed E-state index contributed by atoms with van der Waals surface area (Å²) in [5.41, 5.74) is 2.85. The number of nitrogens with one attached hydrogen (secondary N) is 1. The maximum absolute atomic E-state index is 12.0. The van der Waals surface area contributed by atoms with E-state index in [1.165, 1.54) is 0 Å². The monoisotopic (exact) mass is 356 g/mol. The van der Waals surface area contributed by atoms with Gasteiger partial charge in [-0.15, -0.1) is 11.8 Å². The Bertz CT molecular complexity index is 897. The van der Waals surface area contributed by atoms with Crippen LogP contribution in [0.4, 0.5) is 5.82 Å². The molecule has 0 saturated carbocycles. The van der Waals surface area contributed by atoms with Gasteiger partial charge in [-0.25, -0.2) is 4.98 Å². The van der Waals surface area contributed by atoms with Crippen molar-refractivity contribution in [3.8, 4) is 5.69 Å². The third-order valence-electron chi connectivity index (χ3n) is 3.77. The lowest BCUT2D eigenvalue weighted by atomic mass is 10.1. The summed E-state index contributed by atoms with van der Waals surface area (Å²) in [5, 5.41) is 3.49. The molecule has 0 fully saturated rings. The molecule has 1 N–H and O–H groups in total. The van der Waals surface area contributed by atoms with Gasteiger partial charge in [0.25, 0.3) is 0 Å². The number of hydrogen-bond donors (Lipinski definition) is 1. The highest BCUT2D eigenvalue weighted by Crippen LogP contribution is 2.41. The number of nitrogens with zero attached hydrogens (tertiary/aromatic N) is 3. The topological polar surface area (TPSA) is 59.8 Å². The minimum Gasteiger partial charge on any atom is -0.308 e. The van der Waals surface area contributed by atoms with E-state index in [-0.39, 0.29) is 11.2 Å². The number of carbonyl (C=O) groups is 1. The molecule has 0 saturated heterocycles. The number of anilines is 1. The predicted molar refractivity (Wildman–Crippen MR) is 95.7 cm³/mol. The lowest BCUT2D eigenvalue weighted by Gasteiger charge is -2.17. The van der Waals surface area contributed by atoms with Gasteiger partial charge in [-0.1, -0.05) is 23.7 Å². The van der Waals surface area contributed by atoms with Crippen LogP contribution in [0.25, 0.3) is 5.69 Å². The smallest absolute Gasteiger partial charge is 0.235 e. The molecule has 120 valence electrons. The Balaban J connectivity index is 1.89. The maximum atomic E-state index is 12.0. The first kappa shape index (κ1) is 15.2. The van der Waals surface area contributed by atoms with Crippen LogP contribution in [0.3, 0.4) is 0 Å². The number of rotatable bonds is 2. The van der Waals surface area contributed by atoms with Crippen LogP contribution in [0.15, 0.2) is 55.1 Å². The molecule has 1 amide bonds. The number of carbonyl (C=O) groups excluding carboxylic acids is 1. The van der Waals surface area contributed by atoms with Gasteiger partial charge >= 0.3 is 0 Å². The minimum absolute atomic E-state index is 0.0471. The van der Waals surface area contributed by atoms with Crippen molar-refractivity contribution >= 4 is 35.1 Å². The summed E-state index contributed by atoms with van der Waals surface area (Å²) in [7, 11) is 0. The van der Waals surface area contributed by atoms with Gasteiger partial charge in [-0.05, 0) is 29.8 Å². The number of pyridine rings is 1. The second-order valence-electron chi connectivity index (χ2n) is 5.35. The Morgan fingerprint density at radius 2 is 2.21 bits per heavy atom. The zero-order chi connectivity index (χ0) is 16.5. The zero-order valence-corrected chi connectivity index (χ0v) is 14.1. The average molecular weight is 357 g/mol. The van der Waals surface area contributed by atoms with E-state index in [2.05, 4.69) is 15.3 Å². The zero-order valence-electron chi connectivity index (χ0n) is 12.5. The third-order valence-corrected chi connectivity index (χ3v) is 5.26. The van der Waals surface area contributed by atoms with Gasteiger partial charge in [0, 0.05) is 23.1 Å². The molecule has 3 heterocycles. The van der Waals surface area contributed by atoms with Crippen LogP contribution in [-0.2, 0) is 4.79 Å². The molecule has 1 aromatic carbocycles. The summed E-state index contributed by atoms with van der Waals surface area (Å²) in [4.78, 5) is 20.6. The van der Waals surface area contributed by atoms with Crippen LogP contribution in [-0.4, -0.2) is 26.2 Å². The highest BCUT2D eigenvalue weighted by molar-refractivity contribution is 8.00. The van der Waals surface area contributed by atoms with Gasteiger partial charge < -0.3 is 5.32 Å². The lowest BCUT2D eigenvalue weighted by Crippen LogP contribution is -2.12. The molecule has 1 aliphatic rings. The Kier molecular flexibility index (Phi) is 4.00. The van der Waals surface area contributed by atoms with Crippen LogP contribution in [0.2, 0.25) is 5.02 Å². The van der Waals surface area contributed by atoms with Crippen molar-refractivity contribution < 1.29 is 4.79 Å². The van der Waals surface area contributed by atoms with Gasteiger partial charge in [-0.2, -0.15) is 0 Å². The van der Waals surface area contributed by atoms with Crippen molar-refractivity contribution in [1.29, 1.82) is 0 Å². The number of imidazole rings is 1. The first-order chi connectivity index (χ1) is 11.7. The fraction of sp³-hybridized carbons (Fsp3) is 0.118. The van der Waals surface area contributed by atoms with Crippen LogP contribution < -0.4 is 5.32 Å². The number of fused-ring (bicyclic) bond motifs is 1. The quantitative estimate of drug-likeness (QED) is 0.760. The lowest BCUT2D eigenvalue weighted by molar-refractivity contribution is -0.113.